The molecule has 0 amide bonds. The van der Waals surface area contributed by atoms with Crippen LogP contribution >= 0.6 is 0 Å². The second-order valence-corrected chi connectivity index (χ2v) is 13.4. The van der Waals surface area contributed by atoms with Crippen LogP contribution in [0.3, 0.4) is 0 Å². The van der Waals surface area contributed by atoms with E-state index in [1.165, 1.54) is 122 Å². The van der Waals surface area contributed by atoms with Gasteiger partial charge in [0.25, 0.3) is 0 Å². The van der Waals surface area contributed by atoms with Crippen molar-refractivity contribution in [1.29, 1.82) is 0 Å². The predicted molar refractivity (Wildman–Crippen MR) is 197 cm³/mol. The minimum atomic E-state index is -0.0595. The van der Waals surface area contributed by atoms with Gasteiger partial charge in [-0.2, -0.15) is 0 Å². The van der Waals surface area contributed by atoms with Crippen molar-refractivity contribution in [3.63, 3.8) is 0 Å². The van der Waals surface area contributed by atoms with Gasteiger partial charge in [0, 0.05) is 12.8 Å². The molecule has 0 N–H and O–H groups in total. The molecule has 0 aliphatic carbocycles. The fourth-order valence-corrected chi connectivity index (χ4v) is 5.55. The molecular formula is C40H76N2O4. The highest BCUT2D eigenvalue weighted by Gasteiger charge is 2.07. The lowest BCUT2D eigenvalue weighted by atomic mass is 10.1. The number of ether oxygens (including phenoxy) is 2. The van der Waals surface area contributed by atoms with Gasteiger partial charge in [0.1, 0.15) is 13.2 Å². The Morgan fingerprint density at radius 1 is 0.457 bits per heavy atom. The quantitative estimate of drug-likeness (QED) is 0.0387. The Morgan fingerprint density at radius 2 is 0.826 bits per heavy atom. The molecule has 0 bridgehead atoms. The van der Waals surface area contributed by atoms with Crippen LogP contribution in [-0.4, -0.2) is 75.2 Å². The van der Waals surface area contributed by atoms with Gasteiger partial charge in [0.2, 0.25) is 0 Å². The van der Waals surface area contributed by atoms with E-state index in [2.05, 4.69) is 49.9 Å². The molecule has 0 aromatic carbocycles. The van der Waals surface area contributed by atoms with E-state index in [1.807, 2.05) is 12.2 Å². The highest BCUT2D eigenvalue weighted by Crippen LogP contribution is 2.11. The van der Waals surface area contributed by atoms with Gasteiger partial charge >= 0.3 is 11.9 Å². The summed E-state index contributed by atoms with van der Waals surface area (Å²) in [4.78, 5) is 28.9. The van der Waals surface area contributed by atoms with Crippen LogP contribution in [0.2, 0.25) is 0 Å². The molecule has 0 aliphatic heterocycles. The van der Waals surface area contributed by atoms with Crippen molar-refractivity contribution >= 4 is 11.9 Å². The monoisotopic (exact) mass is 649 g/mol. The molecule has 270 valence electrons. The first-order valence-corrected chi connectivity index (χ1v) is 19.5. The zero-order valence-electron chi connectivity index (χ0n) is 31.1. The summed E-state index contributed by atoms with van der Waals surface area (Å²) in [6, 6.07) is 0. The van der Waals surface area contributed by atoms with Crippen LogP contribution < -0.4 is 0 Å². The maximum Gasteiger partial charge on any atom is 0.306 e. The zero-order chi connectivity index (χ0) is 33.8. The van der Waals surface area contributed by atoms with Gasteiger partial charge in [0.05, 0.1) is 0 Å². The van der Waals surface area contributed by atoms with Crippen LogP contribution in [0.1, 0.15) is 168 Å². The predicted octanol–water partition coefficient (Wildman–Crippen LogP) is 10.5. The van der Waals surface area contributed by atoms with E-state index >= 15 is 0 Å². The van der Waals surface area contributed by atoms with Crippen LogP contribution in [0.4, 0.5) is 0 Å². The maximum absolute atomic E-state index is 12.0. The number of unbranched alkanes of at least 4 members (excludes halogenated alkanes) is 17. The second-order valence-electron chi connectivity index (χ2n) is 13.4. The summed E-state index contributed by atoms with van der Waals surface area (Å²) in [5.41, 5.74) is 0. The number of carbonyl (C=O) groups excluding carboxylic acids is 2. The number of nitrogens with zero attached hydrogens (tertiary/aromatic N) is 2. The summed E-state index contributed by atoms with van der Waals surface area (Å²) in [6.45, 7) is 9.99. The molecule has 0 radical (unpaired) electrons. The van der Waals surface area contributed by atoms with Crippen LogP contribution in [-0.2, 0) is 19.1 Å². The average Bonchev–Trinajstić information content (AvgIpc) is 3.04. The second kappa shape index (κ2) is 36.2. The molecule has 0 aliphatic rings. The molecule has 0 unspecified atom stereocenters. The molecule has 0 atom stereocenters. The van der Waals surface area contributed by atoms with E-state index in [0.29, 0.717) is 26.1 Å². The Balaban J connectivity index is 3.93. The lowest BCUT2D eigenvalue weighted by Gasteiger charge is -2.23. The largest absolute Gasteiger partial charge is 0.461 e. The van der Waals surface area contributed by atoms with Gasteiger partial charge < -0.3 is 19.3 Å². The smallest absolute Gasteiger partial charge is 0.306 e. The summed E-state index contributed by atoms with van der Waals surface area (Å²) in [5.74, 6) is -0.119. The number of esters is 2. The SMILES string of the molecule is CCCCCC/C=C/COC(=O)CCCCCCCN(CCCCCCCC(=O)OC/C=C/CCCCCC)CCCCN(C)C. The van der Waals surface area contributed by atoms with Crippen LogP contribution in [0.25, 0.3) is 0 Å². The molecule has 46 heavy (non-hydrogen) atoms. The number of hydrogen-bond donors (Lipinski definition) is 0. The van der Waals surface area contributed by atoms with E-state index in [4.69, 9.17) is 9.47 Å². The first kappa shape index (κ1) is 44.3. The molecule has 0 saturated carbocycles. The van der Waals surface area contributed by atoms with Gasteiger partial charge in [-0.25, -0.2) is 0 Å². The lowest BCUT2D eigenvalue weighted by molar-refractivity contribution is -0.143. The molecule has 0 aromatic heterocycles. The third kappa shape index (κ3) is 35.2. The summed E-state index contributed by atoms with van der Waals surface area (Å²) in [7, 11) is 4.30. The minimum absolute atomic E-state index is 0.0595. The zero-order valence-corrected chi connectivity index (χ0v) is 31.1. The van der Waals surface area contributed by atoms with Gasteiger partial charge in [-0.15, -0.1) is 0 Å². The normalized spacial score (nSPS) is 11.9. The highest BCUT2D eigenvalue weighted by molar-refractivity contribution is 5.69. The number of allylic oxidation sites excluding steroid dienone is 2. The van der Waals surface area contributed by atoms with E-state index in [9.17, 15) is 9.59 Å². The Bertz CT molecular complexity index is 670. The first-order chi connectivity index (χ1) is 22.5. The number of hydrogen-bond acceptors (Lipinski definition) is 6. The molecule has 0 saturated heterocycles. The maximum atomic E-state index is 12.0. The molecule has 0 heterocycles. The third-order valence-corrected chi connectivity index (χ3v) is 8.50. The topological polar surface area (TPSA) is 59.1 Å². The Morgan fingerprint density at radius 3 is 1.26 bits per heavy atom. The molecule has 0 spiro atoms. The van der Waals surface area contributed by atoms with E-state index < -0.39 is 0 Å². The van der Waals surface area contributed by atoms with E-state index in [-0.39, 0.29) is 11.9 Å². The lowest BCUT2D eigenvalue weighted by Crippen LogP contribution is -2.28. The Labute approximate surface area is 286 Å². The van der Waals surface area contributed by atoms with Crippen molar-refractivity contribution < 1.29 is 19.1 Å². The standard InChI is InChI=1S/C40H76N2O4/c1-5-7-9-11-13-21-29-37-45-39(43)31-23-17-15-19-25-34-42(36-28-27-33-41(3)4)35-26-20-16-18-24-32-40(44)46-38-30-22-14-12-10-8-6-2/h21-22,29-30H,5-20,23-28,31-38H2,1-4H3/b29-21+,30-22+. The number of rotatable bonds is 35. The molecule has 0 rings (SSSR count). The molecule has 0 aromatic rings. The summed E-state index contributed by atoms with van der Waals surface area (Å²) in [5, 5.41) is 0. The van der Waals surface area contributed by atoms with Crippen molar-refractivity contribution in [2.75, 3.05) is 53.5 Å². The van der Waals surface area contributed by atoms with Gasteiger partial charge in [0.15, 0.2) is 0 Å². The van der Waals surface area contributed by atoms with Crippen molar-refractivity contribution in [3.05, 3.63) is 24.3 Å². The summed E-state index contributed by atoms with van der Waals surface area (Å²) >= 11 is 0. The molecule has 6 nitrogen and oxygen atoms in total. The first-order valence-electron chi connectivity index (χ1n) is 19.5. The van der Waals surface area contributed by atoms with Crippen molar-refractivity contribution in [2.45, 2.75) is 168 Å². The molecule has 6 heteroatoms. The molecular weight excluding hydrogens is 572 g/mol. The van der Waals surface area contributed by atoms with Gasteiger partial charge in [-0.05, 0) is 104 Å². The third-order valence-electron chi connectivity index (χ3n) is 8.50. The van der Waals surface area contributed by atoms with Crippen LogP contribution in [0, 0.1) is 0 Å². The highest BCUT2D eigenvalue weighted by atomic mass is 16.5. The number of carbonyl (C=O) groups is 2. The minimum Gasteiger partial charge on any atom is -0.461 e. The van der Waals surface area contributed by atoms with Crippen molar-refractivity contribution in [3.8, 4) is 0 Å². The summed E-state index contributed by atoms with van der Waals surface area (Å²) < 4.78 is 10.7. The van der Waals surface area contributed by atoms with E-state index in [0.717, 1.165) is 45.1 Å². The van der Waals surface area contributed by atoms with Crippen LogP contribution in [0.5, 0.6) is 0 Å². The van der Waals surface area contributed by atoms with Crippen molar-refractivity contribution in [1.82, 2.24) is 9.80 Å². The fourth-order valence-electron chi connectivity index (χ4n) is 5.55. The molecule has 0 fully saturated rings. The van der Waals surface area contributed by atoms with Crippen molar-refractivity contribution in [2.24, 2.45) is 0 Å². The Hall–Kier alpha value is -1.66. The van der Waals surface area contributed by atoms with Gasteiger partial charge in [-0.1, -0.05) is 115 Å². The fraction of sp³-hybridized carbons (Fsp3) is 0.850. The Kier molecular flexibility index (Phi) is 34.9. The van der Waals surface area contributed by atoms with E-state index in [1.54, 1.807) is 0 Å². The average molecular weight is 649 g/mol. The summed E-state index contributed by atoms with van der Waals surface area (Å²) in [6.07, 6.45) is 35.6. The van der Waals surface area contributed by atoms with Crippen LogP contribution in [0.15, 0.2) is 24.3 Å². The van der Waals surface area contributed by atoms with Gasteiger partial charge in [-0.3, -0.25) is 9.59 Å².